The topological polar surface area (TPSA) is 15.3 Å². The van der Waals surface area contributed by atoms with E-state index in [1.807, 2.05) is 0 Å². The van der Waals surface area contributed by atoms with Gasteiger partial charge in [0, 0.05) is 24.3 Å². The van der Waals surface area contributed by atoms with E-state index in [1.54, 1.807) is 0 Å². The van der Waals surface area contributed by atoms with E-state index in [0.29, 0.717) is 6.04 Å². The molecule has 2 heterocycles. The fraction of sp³-hybridized carbons (Fsp3) is 0.667. The maximum Gasteiger partial charge on any atom is 0.0373 e. The Labute approximate surface area is 123 Å². The fourth-order valence-electron chi connectivity index (χ4n) is 3.96. The molecule has 0 amide bonds. The van der Waals surface area contributed by atoms with Gasteiger partial charge in [-0.25, -0.2) is 0 Å². The lowest BCUT2D eigenvalue weighted by Crippen LogP contribution is -2.45. The van der Waals surface area contributed by atoms with Gasteiger partial charge in [0.15, 0.2) is 0 Å². The van der Waals surface area contributed by atoms with Gasteiger partial charge in [-0.05, 0) is 50.3 Å². The zero-order valence-corrected chi connectivity index (χ0v) is 12.8. The van der Waals surface area contributed by atoms with Crippen LogP contribution in [0.4, 0.5) is 5.69 Å². The molecule has 1 fully saturated rings. The van der Waals surface area contributed by atoms with E-state index in [-0.39, 0.29) is 0 Å². The number of rotatable bonds is 2. The van der Waals surface area contributed by atoms with Crippen LogP contribution in [0.15, 0.2) is 24.3 Å². The minimum atomic E-state index is 0.713. The van der Waals surface area contributed by atoms with Crippen LogP contribution in [-0.4, -0.2) is 30.1 Å². The van der Waals surface area contributed by atoms with Crippen molar-refractivity contribution in [3.05, 3.63) is 29.8 Å². The van der Waals surface area contributed by atoms with Crippen molar-refractivity contribution in [1.82, 2.24) is 4.90 Å². The third kappa shape index (κ3) is 3.01. The molecule has 3 rings (SSSR count). The summed E-state index contributed by atoms with van der Waals surface area (Å²) in [4.78, 5) is 2.83. The molecule has 0 spiro atoms. The van der Waals surface area contributed by atoms with E-state index in [2.05, 4.69) is 41.4 Å². The number of aryl methyl sites for hydroxylation is 1. The fourth-order valence-corrected chi connectivity index (χ4v) is 3.96. The zero-order chi connectivity index (χ0) is 13.8. The first kappa shape index (κ1) is 13.9. The summed E-state index contributed by atoms with van der Waals surface area (Å²) in [5.41, 5.74) is 2.86. The number of nitrogens with one attached hydrogen (secondary N) is 1. The SMILES string of the molecule is CCC1CCCCCN1C1CCc2ccccc2NC1. The van der Waals surface area contributed by atoms with Crippen LogP contribution >= 0.6 is 0 Å². The third-order valence-electron chi connectivity index (χ3n) is 5.16. The summed E-state index contributed by atoms with van der Waals surface area (Å²) in [6, 6.07) is 10.4. The molecule has 1 saturated heterocycles. The van der Waals surface area contributed by atoms with Crippen LogP contribution in [0.1, 0.15) is 51.0 Å². The summed E-state index contributed by atoms with van der Waals surface area (Å²) < 4.78 is 0. The van der Waals surface area contributed by atoms with Crippen molar-refractivity contribution in [3.63, 3.8) is 0 Å². The van der Waals surface area contributed by atoms with E-state index in [1.165, 1.54) is 62.7 Å². The Bertz CT molecular complexity index is 402. The Kier molecular flexibility index (Phi) is 4.62. The third-order valence-corrected chi connectivity index (χ3v) is 5.16. The Morgan fingerprint density at radius 1 is 1.15 bits per heavy atom. The molecule has 0 saturated carbocycles. The lowest BCUT2D eigenvalue weighted by molar-refractivity contribution is 0.133. The number of para-hydroxylation sites is 1. The maximum absolute atomic E-state index is 3.70. The molecule has 2 nitrogen and oxygen atoms in total. The summed E-state index contributed by atoms with van der Waals surface area (Å²) in [6.45, 7) is 4.79. The minimum absolute atomic E-state index is 0.713. The smallest absolute Gasteiger partial charge is 0.0373 e. The zero-order valence-electron chi connectivity index (χ0n) is 12.8. The predicted molar refractivity (Wildman–Crippen MR) is 86.3 cm³/mol. The van der Waals surface area contributed by atoms with Crippen LogP contribution in [0.5, 0.6) is 0 Å². The van der Waals surface area contributed by atoms with E-state index in [4.69, 9.17) is 0 Å². The monoisotopic (exact) mass is 272 g/mol. The summed E-state index contributed by atoms with van der Waals surface area (Å²) in [7, 11) is 0. The molecule has 0 aromatic heterocycles. The number of likely N-dealkylation sites (tertiary alicyclic amines) is 1. The Balaban J connectivity index is 1.71. The van der Waals surface area contributed by atoms with Crippen LogP contribution in [0.25, 0.3) is 0 Å². The predicted octanol–water partition coefficient (Wildman–Crippen LogP) is 4.07. The highest BCUT2D eigenvalue weighted by atomic mass is 15.2. The highest BCUT2D eigenvalue weighted by molar-refractivity contribution is 5.52. The van der Waals surface area contributed by atoms with Crippen LogP contribution in [0, 0.1) is 0 Å². The number of hydrogen-bond acceptors (Lipinski definition) is 2. The van der Waals surface area contributed by atoms with E-state index in [0.717, 1.165) is 12.6 Å². The van der Waals surface area contributed by atoms with Gasteiger partial charge in [-0.3, -0.25) is 4.90 Å². The van der Waals surface area contributed by atoms with Crippen molar-refractivity contribution >= 4 is 5.69 Å². The van der Waals surface area contributed by atoms with E-state index >= 15 is 0 Å². The van der Waals surface area contributed by atoms with Crippen molar-refractivity contribution in [3.8, 4) is 0 Å². The van der Waals surface area contributed by atoms with Crippen molar-refractivity contribution < 1.29 is 0 Å². The van der Waals surface area contributed by atoms with Crippen molar-refractivity contribution in [2.75, 3.05) is 18.4 Å². The second-order valence-electron chi connectivity index (χ2n) is 6.38. The first-order valence-corrected chi connectivity index (χ1v) is 8.46. The number of hydrogen-bond donors (Lipinski definition) is 1. The number of benzene rings is 1. The summed E-state index contributed by atoms with van der Waals surface area (Å²) in [6.07, 6.45) is 9.48. The van der Waals surface area contributed by atoms with Crippen LogP contribution in [0.3, 0.4) is 0 Å². The van der Waals surface area contributed by atoms with Gasteiger partial charge in [-0.1, -0.05) is 38.0 Å². The van der Waals surface area contributed by atoms with Crippen molar-refractivity contribution in [2.45, 2.75) is 64.0 Å². The normalized spacial score (nSPS) is 28.1. The molecule has 0 bridgehead atoms. The molecule has 20 heavy (non-hydrogen) atoms. The highest BCUT2D eigenvalue weighted by Gasteiger charge is 2.27. The molecule has 110 valence electrons. The molecule has 0 radical (unpaired) electrons. The number of nitrogens with zero attached hydrogens (tertiary/aromatic N) is 1. The molecule has 2 unspecified atom stereocenters. The van der Waals surface area contributed by atoms with Gasteiger partial charge in [-0.2, -0.15) is 0 Å². The Morgan fingerprint density at radius 2 is 2.05 bits per heavy atom. The molecule has 1 N–H and O–H groups in total. The largest absolute Gasteiger partial charge is 0.383 e. The standard InChI is InChI=1S/C18H28N2/c1-2-16-9-4-3-7-13-20(16)17-12-11-15-8-5-6-10-18(15)19-14-17/h5-6,8,10,16-17,19H,2-4,7,9,11-14H2,1H3. The molecule has 2 heteroatoms. The van der Waals surface area contributed by atoms with Crippen LogP contribution in [0.2, 0.25) is 0 Å². The molecular formula is C18H28N2. The van der Waals surface area contributed by atoms with Crippen LogP contribution in [-0.2, 0) is 6.42 Å². The minimum Gasteiger partial charge on any atom is -0.383 e. The maximum atomic E-state index is 3.70. The lowest BCUT2D eigenvalue weighted by atomic mass is 10.0. The van der Waals surface area contributed by atoms with Crippen molar-refractivity contribution in [2.24, 2.45) is 0 Å². The lowest BCUT2D eigenvalue weighted by Gasteiger charge is -2.36. The summed E-state index contributed by atoms with van der Waals surface area (Å²) in [5, 5.41) is 3.70. The Morgan fingerprint density at radius 3 is 2.95 bits per heavy atom. The number of fused-ring (bicyclic) bond motifs is 1. The molecule has 0 aliphatic carbocycles. The molecular weight excluding hydrogens is 244 g/mol. The van der Waals surface area contributed by atoms with Crippen molar-refractivity contribution in [1.29, 1.82) is 0 Å². The van der Waals surface area contributed by atoms with Gasteiger partial charge in [0.2, 0.25) is 0 Å². The van der Waals surface area contributed by atoms with Crippen LogP contribution < -0.4 is 5.32 Å². The molecule has 2 aliphatic rings. The van der Waals surface area contributed by atoms with Gasteiger partial charge in [0.05, 0.1) is 0 Å². The summed E-state index contributed by atoms with van der Waals surface area (Å²) in [5.74, 6) is 0. The highest BCUT2D eigenvalue weighted by Crippen LogP contribution is 2.27. The quantitative estimate of drug-likeness (QED) is 0.873. The summed E-state index contributed by atoms with van der Waals surface area (Å²) >= 11 is 0. The number of anilines is 1. The van der Waals surface area contributed by atoms with Gasteiger partial charge in [-0.15, -0.1) is 0 Å². The van der Waals surface area contributed by atoms with E-state index < -0.39 is 0 Å². The molecule has 2 aliphatic heterocycles. The first-order valence-electron chi connectivity index (χ1n) is 8.46. The second-order valence-corrected chi connectivity index (χ2v) is 6.38. The van der Waals surface area contributed by atoms with Gasteiger partial charge >= 0.3 is 0 Å². The second kappa shape index (κ2) is 6.62. The molecule has 1 aromatic carbocycles. The molecule has 2 atom stereocenters. The average molecular weight is 272 g/mol. The van der Waals surface area contributed by atoms with Gasteiger partial charge in [0.25, 0.3) is 0 Å². The van der Waals surface area contributed by atoms with Gasteiger partial charge < -0.3 is 5.32 Å². The molecule has 1 aromatic rings. The Hall–Kier alpha value is -1.02. The van der Waals surface area contributed by atoms with E-state index in [9.17, 15) is 0 Å². The average Bonchev–Trinajstić information content (AvgIpc) is 2.85. The first-order chi connectivity index (χ1) is 9.88. The van der Waals surface area contributed by atoms with Gasteiger partial charge in [0.1, 0.15) is 0 Å².